The molecule has 4 rings (SSSR count). The van der Waals surface area contributed by atoms with Crippen LogP contribution in [0.4, 0.5) is 0 Å². The van der Waals surface area contributed by atoms with Crippen molar-refractivity contribution in [3.8, 4) is 5.75 Å². The lowest BCUT2D eigenvalue weighted by Crippen LogP contribution is -2.49. The average Bonchev–Trinajstić information content (AvgIpc) is 3.67. The summed E-state index contributed by atoms with van der Waals surface area (Å²) in [6.45, 7) is 10.7. The van der Waals surface area contributed by atoms with E-state index in [-0.39, 0.29) is 77.6 Å². The monoisotopic (exact) mass is 774 g/mol. The predicted octanol–water partition coefficient (Wildman–Crippen LogP) is 7.03. The summed E-state index contributed by atoms with van der Waals surface area (Å²) < 4.78 is 0. The zero-order valence-corrected chi connectivity index (χ0v) is 33.9. The second-order valence-electron chi connectivity index (χ2n) is 15.6. The van der Waals surface area contributed by atoms with E-state index in [1.807, 2.05) is 65.1 Å². The first-order valence-electron chi connectivity index (χ1n) is 19.6. The summed E-state index contributed by atoms with van der Waals surface area (Å²) in [5.74, 6) is -3.18. The van der Waals surface area contributed by atoms with Crippen molar-refractivity contribution in [1.29, 1.82) is 0 Å². The molecule has 1 fully saturated rings. The molecule has 1 aliphatic rings. The molecule has 12 heteroatoms. The van der Waals surface area contributed by atoms with Crippen molar-refractivity contribution in [2.75, 3.05) is 13.6 Å². The second-order valence-corrected chi connectivity index (χ2v) is 16.5. The Balaban J connectivity index is 1.56. The third-order valence-electron chi connectivity index (χ3n) is 11.0. The van der Waals surface area contributed by atoms with Crippen LogP contribution in [-0.2, 0) is 27.3 Å². The lowest BCUT2D eigenvalue weighted by Gasteiger charge is -2.39. The molecular formula is C43H58N4O7S. The van der Waals surface area contributed by atoms with Crippen molar-refractivity contribution < 1.29 is 34.2 Å². The number of phenolic OH excluding ortho intramolecular Hbond substituents is 1. The number of carboxylic acid groups (broad SMARTS) is 1. The summed E-state index contributed by atoms with van der Waals surface area (Å²) in [5.41, 5.74) is 1.78. The molecule has 55 heavy (non-hydrogen) atoms. The van der Waals surface area contributed by atoms with E-state index in [1.165, 1.54) is 17.5 Å². The van der Waals surface area contributed by atoms with E-state index in [0.29, 0.717) is 6.42 Å². The minimum atomic E-state index is -0.982. The number of Topliss-reactive ketones (excluding diaryl/α,β-unsaturated/α-hetero) is 2. The molecule has 298 valence electrons. The van der Waals surface area contributed by atoms with Gasteiger partial charge in [-0.05, 0) is 74.4 Å². The number of ketones is 2. The normalized spacial score (nSPS) is 17.5. The van der Waals surface area contributed by atoms with Crippen molar-refractivity contribution in [3.05, 3.63) is 81.8 Å². The predicted molar refractivity (Wildman–Crippen MR) is 214 cm³/mol. The maximum atomic E-state index is 14.8. The number of hydrogen-bond donors (Lipinski definition) is 3. The lowest BCUT2D eigenvalue weighted by atomic mass is 9.82. The number of amides is 2. The Morgan fingerprint density at radius 1 is 0.964 bits per heavy atom. The molecule has 1 aliphatic heterocycles. The number of carbonyl (C=O) groups is 5. The molecule has 2 heterocycles. The van der Waals surface area contributed by atoms with Crippen molar-refractivity contribution in [2.45, 2.75) is 111 Å². The van der Waals surface area contributed by atoms with Gasteiger partial charge in [-0.2, -0.15) is 0 Å². The summed E-state index contributed by atoms with van der Waals surface area (Å²) in [6, 6.07) is 14.9. The highest BCUT2D eigenvalue weighted by Gasteiger charge is 2.38. The first-order valence-corrected chi connectivity index (χ1v) is 20.4. The molecule has 6 unspecified atom stereocenters. The molecule has 1 saturated heterocycles. The van der Waals surface area contributed by atoms with E-state index < -0.39 is 35.8 Å². The van der Waals surface area contributed by atoms with Crippen LogP contribution in [0.2, 0.25) is 0 Å². The van der Waals surface area contributed by atoms with Gasteiger partial charge in [0.25, 0.3) is 5.91 Å². The van der Waals surface area contributed by atoms with Crippen molar-refractivity contribution in [3.63, 3.8) is 0 Å². The van der Waals surface area contributed by atoms with E-state index in [1.54, 1.807) is 24.0 Å². The number of carbonyl (C=O) groups excluding carboxylic acids is 4. The van der Waals surface area contributed by atoms with Crippen LogP contribution in [-0.4, -0.2) is 86.1 Å². The minimum Gasteiger partial charge on any atom is -0.508 e. The van der Waals surface area contributed by atoms with Gasteiger partial charge in [0.15, 0.2) is 16.6 Å². The van der Waals surface area contributed by atoms with Crippen LogP contribution in [0.5, 0.6) is 5.75 Å². The average molecular weight is 775 g/mol. The molecule has 3 N–H and O–H groups in total. The Hall–Kier alpha value is -4.42. The van der Waals surface area contributed by atoms with Gasteiger partial charge in [0.1, 0.15) is 11.4 Å². The van der Waals surface area contributed by atoms with E-state index in [9.17, 15) is 34.2 Å². The largest absolute Gasteiger partial charge is 0.508 e. The molecule has 0 aliphatic carbocycles. The maximum absolute atomic E-state index is 14.8. The van der Waals surface area contributed by atoms with Gasteiger partial charge < -0.3 is 20.4 Å². The molecule has 6 atom stereocenters. The number of aromatic hydroxyl groups is 1. The molecule has 1 aromatic heterocycles. The summed E-state index contributed by atoms with van der Waals surface area (Å²) in [6.07, 6.45) is 4.20. The fourth-order valence-corrected chi connectivity index (χ4v) is 8.14. The number of thiazole rings is 1. The maximum Gasteiger partial charge on any atom is 0.306 e. The Kier molecular flexibility index (Phi) is 16.1. The van der Waals surface area contributed by atoms with E-state index in [0.717, 1.165) is 54.7 Å². The van der Waals surface area contributed by atoms with Gasteiger partial charge in [0.2, 0.25) is 5.91 Å². The topological polar surface area (TPSA) is 157 Å². The molecule has 11 nitrogen and oxygen atoms in total. The number of piperidine rings is 1. The third-order valence-corrected chi connectivity index (χ3v) is 11.9. The molecule has 0 spiro atoms. The van der Waals surface area contributed by atoms with Crippen molar-refractivity contribution in [2.24, 2.45) is 23.7 Å². The second kappa shape index (κ2) is 20.5. The van der Waals surface area contributed by atoms with E-state index in [4.69, 9.17) is 0 Å². The zero-order chi connectivity index (χ0) is 40.2. The van der Waals surface area contributed by atoms with Gasteiger partial charge in [-0.15, -0.1) is 11.3 Å². The molecule has 2 amide bonds. The highest BCUT2D eigenvalue weighted by molar-refractivity contribution is 7.12. The third kappa shape index (κ3) is 12.3. The summed E-state index contributed by atoms with van der Waals surface area (Å²) in [4.78, 5) is 76.0. The molecular weight excluding hydrogens is 717 g/mol. The number of aliphatic carboxylic acids is 1. The van der Waals surface area contributed by atoms with Gasteiger partial charge in [0, 0.05) is 42.8 Å². The van der Waals surface area contributed by atoms with Crippen molar-refractivity contribution >= 4 is 40.7 Å². The van der Waals surface area contributed by atoms with Crippen LogP contribution in [0.15, 0.2) is 60.0 Å². The number of hydrogen-bond acceptors (Lipinski definition) is 9. The molecule has 0 saturated carbocycles. The standard InChI is InChI=1S/C43H58N4O7S/c1-7-28(4)34(23-38(49)36-15-11-12-20-46(36)6)42(52)47(25-31-13-9-8-10-14-31)37(27(2)3)24-39(50)41-45-35(26-55-41)40(51)44-32(21-29(5)43(53)54)22-30-16-18-33(48)19-17-30/h8-10,13-14,16-19,26-29,32,34,36-37,48H,7,11-12,15,20-25H2,1-6H3,(H,44,51)(H,53,54). The van der Waals surface area contributed by atoms with E-state index in [2.05, 4.69) is 15.2 Å². The SMILES string of the molecule is CCC(C)C(CC(=O)C1CCCCN1C)C(=O)N(Cc1ccccc1)C(CC(=O)c1nc(C(=O)NC(Cc2ccc(O)cc2)CC(C)C(=O)O)cs1)C(C)C. The van der Waals surface area contributed by atoms with E-state index >= 15 is 0 Å². The minimum absolute atomic E-state index is 0.0169. The Labute approximate surface area is 329 Å². The fraction of sp³-hybridized carbons (Fsp3) is 0.535. The van der Waals surface area contributed by atoms with Crippen LogP contribution >= 0.6 is 11.3 Å². The number of nitrogens with zero attached hydrogens (tertiary/aromatic N) is 3. The molecule has 3 aromatic rings. The van der Waals surface area contributed by atoms with Crippen LogP contribution in [0.3, 0.4) is 0 Å². The van der Waals surface area contributed by atoms with Gasteiger partial charge in [-0.1, -0.05) is 89.9 Å². The van der Waals surface area contributed by atoms with Crippen molar-refractivity contribution in [1.82, 2.24) is 20.1 Å². The molecule has 0 bridgehead atoms. The lowest BCUT2D eigenvalue weighted by molar-refractivity contribution is -0.144. The highest BCUT2D eigenvalue weighted by Crippen LogP contribution is 2.30. The number of likely N-dealkylation sites (N-methyl/N-ethyl adjacent to an activating group) is 1. The number of nitrogens with one attached hydrogen (secondary N) is 1. The Morgan fingerprint density at radius 3 is 2.27 bits per heavy atom. The van der Waals surface area contributed by atoms with Crippen LogP contribution in [0.1, 0.15) is 111 Å². The number of benzene rings is 2. The number of carboxylic acids is 1. The Morgan fingerprint density at radius 2 is 1.65 bits per heavy atom. The summed E-state index contributed by atoms with van der Waals surface area (Å²) in [7, 11) is 1.98. The molecule has 2 aromatic carbocycles. The number of rotatable bonds is 20. The smallest absolute Gasteiger partial charge is 0.306 e. The van der Waals surface area contributed by atoms with Crippen LogP contribution < -0.4 is 5.32 Å². The fourth-order valence-electron chi connectivity index (χ4n) is 7.39. The van der Waals surface area contributed by atoms with Crippen LogP contribution in [0, 0.1) is 23.7 Å². The summed E-state index contributed by atoms with van der Waals surface area (Å²) in [5, 5.41) is 23.8. The molecule has 0 radical (unpaired) electrons. The highest BCUT2D eigenvalue weighted by atomic mass is 32.1. The van der Waals surface area contributed by atoms with Gasteiger partial charge in [-0.25, -0.2) is 4.98 Å². The zero-order valence-electron chi connectivity index (χ0n) is 33.1. The number of aromatic nitrogens is 1. The number of phenols is 1. The van der Waals surface area contributed by atoms with Crippen LogP contribution in [0.25, 0.3) is 0 Å². The van der Waals surface area contributed by atoms with Gasteiger partial charge in [-0.3, -0.25) is 28.9 Å². The van der Waals surface area contributed by atoms with Gasteiger partial charge >= 0.3 is 5.97 Å². The summed E-state index contributed by atoms with van der Waals surface area (Å²) >= 11 is 1.06. The first kappa shape index (κ1) is 43.3. The number of likely N-dealkylation sites (tertiary alicyclic amines) is 1. The quantitative estimate of drug-likeness (QED) is 0.103. The first-order chi connectivity index (χ1) is 26.2. The Bertz CT molecular complexity index is 1740. The van der Waals surface area contributed by atoms with Gasteiger partial charge in [0.05, 0.1) is 12.0 Å².